The lowest BCUT2D eigenvalue weighted by atomic mass is 10.1. The summed E-state index contributed by atoms with van der Waals surface area (Å²) in [7, 11) is 0. The molecule has 0 aliphatic carbocycles. The molecule has 1 heterocycles. The van der Waals surface area contributed by atoms with Crippen molar-refractivity contribution in [2.45, 2.75) is 20.8 Å². The van der Waals surface area contributed by atoms with E-state index in [1.807, 2.05) is 39.0 Å². The van der Waals surface area contributed by atoms with Crippen molar-refractivity contribution in [3.63, 3.8) is 0 Å². The lowest BCUT2D eigenvalue weighted by Gasteiger charge is -2.12. The predicted octanol–water partition coefficient (Wildman–Crippen LogP) is 3.38. The summed E-state index contributed by atoms with van der Waals surface area (Å²) in [5, 5.41) is 6.09. The average molecular weight is 269 g/mol. The topological polar surface area (TPSA) is 54.0 Å². The third-order valence-corrected chi connectivity index (χ3v) is 3.06. The zero-order valence-electron chi connectivity index (χ0n) is 12.0. The van der Waals surface area contributed by atoms with Gasteiger partial charge in [0.2, 0.25) is 0 Å². The largest absolute Gasteiger partial charge is 0.383 e. The number of nitrogens with zero attached hydrogens (tertiary/aromatic N) is 1. The SMILES string of the molecule is CCNc1cnccc1C(=O)Nc1ccc(C)cc1C. The van der Waals surface area contributed by atoms with E-state index in [1.165, 1.54) is 5.56 Å². The van der Waals surface area contributed by atoms with E-state index in [9.17, 15) is 4.79 Å². The molecule has 0 radical (unpaired) electrons. The first kappa shape index (κ1) is 14.1. The number of aryl methyl sites for hydroxylation is 2. The van der Waals surface area contributed by atoms with Gasteiger partial charge in [0, 0.05) is 18.4 Å². The molecule has 0 spiro atoms. The van der Waals surface area contributed by atoms with E-state index in [1.54, 1.807) is 18.5 Å². The Hall–Kier alpha value is -2.36. The van der Waals surface area contributed by atoms with Crippen LogP contribution in [0.3, 0.4) is 0 Å². The van der Waals surface area contributed by atoms with Gasteiger partial charge in [-0.15, -0.1) is 0 Å². The van der Waals surface area contributed by atoms with Crippen molar-refractivity contribution in [2.24, 2.45) is 0 Å². The Morgan fingerprint density at radius 2 is 2.00 bits per heavy atom. The number of rotatable bonds is 4. The minimum Gasteiger partial charge on any atom is -0.383 e. The first-order chi connectivity index (χ1) is 9.61. The summed E-state index contributed by atoms with van der Waals surface area (Å²) in [6.07, 6.45) is 3.29. The Morgan fingerprint density at radius 3 is 2.70 bits per heavy atom. The Labute approximate surface area is 119 Å². The van der Waals surface area contributed by atoms with Gasteiger partial charge in [0.25, 0.3) is 5.91 Å². The van der Waals surface area contributed by atoms with Crippen LogP contribution in [0.15, 0.2) is 36.7 Å². The highest BCUT2D eigenvalue weighted by Gasteiger charge is 2.12. The molecule has 0 bridgehead atoms. The molecule has 104 valence electrons. The molecular formula is C16H19N3O. The van der Waals surface area contributed by atoms with Gasteiger partial charge in [0.1, 0.15) is 0 Å². The highest BCUT2D eigenvalue weighted by atomic mass is 16.1. The van der Waals surface area contributed by atoms with Gasteiger partial charge in [-0.25, -0.2) is 0 Å². The van der Waals surface area contributed by atoms with E-state index in [0.717, 1.165) is 23.5 Å². The minimum absolute atomic E-state index is 0.129. The standard InChI is InChI=1S/C16H19N3O/c1-4-18-15-10-17-8-7-13(15)16(20)19-14-6-5-11(2)9-12(14)3/h5-10,18H,4H2,1-3H3,(H,19,20). The number of nitrogens with one attached hydrogen (secondary N) is 2. The number of hydrogen-bond acceptors (Lipinski definition) is 3. The molecule has 0 saturated carbocycles. The monoisotopic (exact) mass is 269 g/mol. The third kappa shape index (κ3) is 3.15. The Balaban J connectivity index is 2.24. The number of amides is 1. The van der Waals surface area contributed by atoms with E-state index in [2.05, 4.69) is 15.6 Å². The molecule has 4 nitrogen and oxygen atoms in total. The van der Waals surface area contributed by atoms with Crippen LogP contribution in [0.2, 0.25) is 0 Å². The number of carbonyl (C=O) groups is 1. The molecule has 0 aliphatic heterocycles. The molecule has 20 heavy (non-hydrogen) atoms. The lowest BCUT2D eigenvalue weighted by Crippen LogP contribution is -2.15. The number of anilines is 2. The fraction of sp³-hybridized carbons (Fsp3) is 0.250. The Bertz CT molecular complexity index is 623. The highest BCUT2D eigenvalue weighted by Crippen LogP contribution is 2.19. The van der Waals surface area contributed by atoms with Crippen LogP contribution in [0.4, 0.5) is 11.4 Å². The second kappa shape index (κ2) is 6.19. The normalized spacial score (nSPS) is 10.2. The van der Waals surface area contributed by atoms with Crippen molar-refractivity contribution < 1.29 is 4.79 Å². The quantitative estimate of drug-likeness (QED) is 0.894. The number of carbonyl (C=O) groups excluding carboxylic acids is 1. The van der Waals surface area contributed by atoms with E-state index in [4.69, 9.17) is 0 Å². The maximum Gasteiger partial charge on any atom is 0.257 e. The summed E-state index contributed by atoms with van der Waals surface area (Å²) in [5.74, 6) is -0.129. The average Bonchev–Trinajstić information content (AvgIpc) is 2.43. The molecule has 1 aromatic heterocycles. The molecule has 1 aromatic carbocycles. The van der Waals surface area contributed by atoms with E-state index >= 15 is 0 Å². The van der Waals surface area contributed by atoms with Crippen molar-refractivity contribution in [1.29, 1.82) is 0 Å². The molecule has 2 rings (SSSR count). The van der Waals surface area contributed by atoms with Crippen molar-refractivity contribution >= 4 is 17.3 Å². The first-order valence-corrected chi connectivity index (χ1v) is 6.68. The van der Waals surface area contributed by atoms with E-state index in [-0.39, 0.29) is 5.91 Å². The van der Waals surface area contributed by atoms with Gasteiger partial charge in [-0.2, -0.15) is 0 Å². The van der Waals surface area contributed by atoms with Crippen LogP contribution in [0.25, 0.3) is 0 Å². The van der Waals surface area contributed by atoms with Gasteiger partial charge in [0.05, 0.1) is 17.4 Å². The smallest absolute Gasteiger partial charge is 0.257 e. The molecule has 0 aliphatic rings. The Morgan fingerprint density at radius 1 is 1.20 bits per heavy atom. The van der Waals surface area contributed by atoms with Crippen LogP contribution in [-0.2, 0) is 0 Å². The highest BCUT2D eigenvalue weighted by molar-refractivity contribution is 6.08. The summed E-state index contributed by atoms with van der Waals surface area (Å²) >= 11 is 0. The van der Waals surface area contributed by atoms with E-state index < -0.39 is 0 Å². The van der Waals surface area contributed by atoms with Crippen LogP contribution in [0.1, 0.15) is 28.4 Å². The van der Waals surface area contributed by atoms with Crippen molar-refractivity contribution in [3.05, 3.63) is 53.3 Å². The second-order valence-corrected chi connectivity index (χ2v) is 4.72. The molecule has 1 amide bonds. The molecule has 4 heteroatoms. The summed E-state index contributed by atoms with van der Waals surface area (Å²) in [6, 6.07) is 7.68. The summed E-state index contributed by atoms with van der Waals surface area (Å²) in [5.41, 5.74) is 4.41. The van der Waals surface area contributed by atoms with Gasteiger partial charge in [-0.05, 0) is 38.5 Å². The van der Waals surface area contributed by atoms with E-state index in [0.29, 0.717) is 5.56 Å². The van der Waals surface area contributed by atoms with Crippen LogP contribution in [0, 0.1) is 13.8 Å². The second-order valence-electron chi connectivity index (χ2n) is 4.72. The zero-order valence-corrected chi connectivity index (χ0v) is 12.0. The number of aromatic nitrogens is 1. The molecule has 0 fully saturated rings. The molecule has 2 aromatic rings. The molecule has 2 N–H and O–H groups in total. The third-order valence-electron chi connectivity index (χ3n) is 3.06. The van der Waals surface area contributed by atoms with Gasteiger partial charge in [0.15, 0.2) is 0 Å². The van der Waals surface area contributed by atoms with Crippen molar-refractivity contribution in [2.75, 3.05) is 17.2 Å². The van der Waals surface area contributed by atoms with Crippen LogP contribution < -0.4 is 10.6 Å². The number of hydrogen-bond donors (Lipinski definition) is 2. The number of benzene rings is 1. The van der Waals surface area contributed by atoms with Crippen molar-refractivity contribution in [3.8, 4) is 0 Å². The minimum atomic E-state index is -0.129. The maximum atomic E-state index is 12.4. The van der Waals surface area contributed by atoms with Gasteiger partial charge < -0.3 is 10.6 Å². The van der Waals surface area contributed by atoms with Gasteiger partial charge >= 0.3 is 0 Å². The predicted molar refractivity (Wildman–Crippen MR) is 82.3 cm³/mol. The van der Waals surface area contributed by atoms with Crippen LogP contribution in [-0.4, -0.2) is 17.4 Å². The lowest BCUT2D eigenvalue weighted by molar-refractivity contribution is 0.102. The van der Waals surface area contributed by atoms with Crippen LogP contribution in [0.5, 0.6) is 0 Å². The van der Waals surface area contributed by atoms with Gasteiger partial charge in [-0.3, -0.25) is 9.78 Å². The molecule has 0 atom stereocenters. The fourth-order valence-corrected chi connectivity index (χ4v) is 2.07. The summed E-state index contributed by atoms with van der Waals surface area (Å²) < 4.78 is 0. The molecule has 0 unspecified atom stereocenters. The van der Waals surface area contributed by atoms with Crippen LogP contribution >= 0.6 is 0 Å². The molecular weight excluding hydrogens is 250 g/mol. The maximum absolute atomic E-state index is 12.4. The fourth-order valence-electron chi connectivity index (χ4n) is 2.07. The molecule has 0 saturated heterocycles. The zero-order chi connectivity index (χ0) is 14.5. The van der Waals surface area contributed by atoms with Gasteiger partial charge in [-0.1, -0.05) is 17.7 Å². The Kier molecular flexibility index (Phi) is 4.35. The summed E-state index contributed by atoms with van der Waals surface area (Å²) in [6.45, 7) is 6.75. The number of pyridine rings is 1. The first-order valence-electron chi connectivity index (χ1n) is 6.68. The van der Waals surface area contributed by atoms with Crippen molar-refractivity contribution in [1.82, 2.24) is 4.98 Å². The summed E-state index contributed by atoms with van der Waals surface area (Å²) in [4.78, 5) is 16.4.